The van der Waals surface area contributed by atoms with Crippen LogP contribution in [0.15, 0.2) is 42.9 Å². The van der Waals surface area contributed by atoms with Gasteiger partial charge in [0.25, 0.3) is 0 Å². The number of nitrogens with zero attached hydrogens (tertiary/aromatic N) is 2. The summed E-state index contributed by atoms with van der Waals surface area (Å²) >= 11 is 0. The number of carbonyl (C=O) groups excluding carboxylic acids is 1. The normalized spacial score (nSPS) is 8.75. The third-order valence-corrected chi connectivity index (χ3v) is 1.89. The van der Waals surface area contributed by atoms with Crippen molar-refractivity contribution in [1.82, 2.24) is 9.55 Å². The van der Waals surface area contributed by atoms with Crippen LogP contribution in [-0.2, 0) is 0 Å². The molecule has 0 aliphatic carbocycles. The Balaban J connectivity index is 0.00000112. The standard InChI is InChI=1S/C10H9N3O.2ClH/c11-10(14)8-4-6-13(7-8)9-3-1-2-5-12-9;;/h1-7H,(H2,11,14);2*1H. The second-order valence-electron chi connectivity index (χ2n) is 2.86. The average Bonchev–Trinajstić information content (AvgIpc) is 2.68. The van der Waals surface area contributed by atoms with E-state index in [1.807, 2.05) is 18.2 Å². The van der Waals surface area contributed by atoms with Gasteiger partial charge in [0.1, 0.15) is 5.82 Å². The van der Waals surface area contributed by atoms with Gasteiger partial charge in [-0.15, -0.1) is 24.8 Å². The Hall–Kier alpha value is -1.52. The molecule has 2 aromatic rings. The summed E-state index contributed by atoms with van der Waals surface area (Å²) in [5, 5.41) is 0. The molecule has 16 heavy (non-hydrogen) atoms. The Kier molecular flexibility index (Phi) is 5.56. The SMILES string of the molecule is Cl.Cl.NC(=O)c1ccn(-c2ccccn2)c1. The topological polar surface area (TPSA) is 60.9 Å². The summed E-state index contributed by atoms with van der Waals surface area (Å²) in [7, 11) is 0. The first-order valence-electron chi connectivity index (χ1n) is 4.16. The van der Waals surface area contributed by atoms with Gasteiger partial charge in [-0.3, -0.25) is 4.79 Å². The van der Waals surface area contributed by atoms with Gasteiger partial charge in [0, 0.05) is 18.6 Å². The summed E-state index contributed by atoms with van der Waals surface area (Å²) < 4.78 is 1.75. The minimum absolute atomic E-state index is 0. The molecule has 2 N–H and O–H groups in total. The summed E-state index contributed by atoms with van der Waals surface area (Å²) in [6.07, 6.45) is 5.10. The highest BCUT2D eigenvalue weighted by Gasteiger charge is 2.03. The number of amides is 1. The van der Waals surface area contributed by atoms with E-state index in [4.69, 9.17) is 5.73 Å². The van der Waals surface area contributed by atoms with Crippen molar-refractivity contribution in [2.24, 2.45) is 5.73 Å². The molecule has 0 radical (unpaired) electrons. The first-order valence-corrected chi connectivity index (χ1v) is 4.16. The van der Waals surface area contributed by atoms with E-state index < -0.39 is 5.91 Å². The second-order valence-corrected chi connectivity index (χ2v) is 2.86. The van der Waals surface area contributed by atoms with Crippen LogP contribution in [0.3, 0.4) is 0 Å². The first kappa shape index (κ1) is 14.5. The number of aromatic nitrogens is 2. The molecule has 6 heteroatoms. The van der Waals surface area contributed by atoms with Gasteiger partial charge in [-0.2, -0.15) is 0 Å². The molecule has 4 nitrogen and oxygen atoms in total. The van der Waals surface area contributed by atoms with Gasteiger partial charge in [0.15, 0.2) is 0 Å². The molecular weight excluding hydrogens is 249 g/mol. The van der Waals surface area contributed by atoms with Crippen LogP contribution in [0.1, 0.15) is 10.4 Å². The lowest BCUT2D eigenvalue weighted by atomic mass is 10.3. The molecule has 0 unspecified atom stereocenters. The maximum atomic E-state index is 10.8. The van der Waals surface area contributed by atoms with Crippen LogP contribution in [0.2, 0.25) is 0 Å². The van der Waals surface area contributed by atoms with E-state index in [-0.39, 0.29) is 24.8 Å². The van der Waals surface area contributed by atoms with Crippen LogP contribution in [0, 0.1) is 0 Å². The zero-order valence-corrected chi connectivity index (χ0v) is 9.87. The molecule has 0 aliphatic rings. The van der Waals surface area contributed by atoms with Gasteiger partial charge in [0.2, 0.25) is 5.91 Å². The summed E-state index contributed by atoms with van der Waals surface area (Å²) in [6.45, 7) is 0. The van der Waals surface area contributed by atoms with Crippen LogP contribution in [0.25, 0.3) is 5.82 Å². The molecule has 0 atom stereocenters. The summed E-state index contributed by atoms with van der Waals surface area (Å²) in [5.74, 6) is 0.333. The highest BCUT2D eigenvalue weighted by atomic mass is 35.5. The third kappa shape index (κ3) is 2.98. The molecule has 86 valence electrons. The van der Waals surface area contributed by atoms with E-state index in [2.05, 4.69) is 4.98 Å². The molecule has 2 aromatic heterocycles. The molecular formula is C10H11Cl2N3O. The molecule has 1 amide bonds. The van der Waals surface area contributed by atoms with Crippen molar-refractivity contribution >= 4 is 30.7 Å². The fourth-order valence-electron chi connectivity index (χ4n) is 1.19. The van der Waals surface area contributed by atoms with E-state index >= 15 is 0 Å². The van der Waals surface area contributed by atoms with Crippen molar-refractivity contribution < 1.29 is 4.79 Å². The first-order chi connectivity index (χ1) is 6.77. The molecule has 2 heterocycles. The number of rotatable bonds is 2. The largest absolute Gasteiger partial charge is 0.366 e. The highest BCUT2D eigenvalue weighted by molar-refractivity contribution is 5.92. The molecule has 0 fully saturated rings. The minimum Gasteiger partial charge on any atom is -0.366 e. The van der Waals surface area contributed by atoms with Crippen molar-refractivity contribution in [3.8, 4) is 5.82 Å². The van der Waals surface area contributed by atoms with Gasteiger partial charge in [-0.05, 0) is 18.2 Å². The maximum absolute atomic E-state index is 10.8. The van der Waals surface area contributed by atoms with Gasteiger partial charge in [0.05, 0.1) is 5.56 Å². The maximum Gasteiger partial charge on any atom is 0.250 e. The number of hydrogen-bond acceptors (Lipinski definition) is 2. The monoisotopic (exact) mass is 259 g/mol. The van der Waals surface area contributed by atoms with Gasteiger partial charge in [-0.1, -0.05) is 6.07 Å². The van der Waals surface area contributed by atoms with Gasteiger partial charge in [-0.25, -0.2) is 4.98 Å². The number of halogens is 2. The van der Waals surface area contributed by atoms with Crippen LogP contribution >= 0.6 is 24.8 Å². The lowest BCUT2D eigenvalue weighted by Crippen LogP contribution is -2.09. The summed E-state index contributed by atoms with van der Waals surface area (Å²) in [6, 6.07) is 7.23. The molecule has 2 rings (SSSR count). The summed E-state index contributed by atoms with van der Waals surface area (Å²) in [5.41, 5.74) is 5.61. The fourth-order valence-corrected chi connectivity index (χ4v) is 1.19. The molecule has 0 saturated heterocycles. The average molecular weight is 260 g/mol. The predicted molar refractivity (Wildman–Crippen MR) is 66.6 cm³/mol. The van der Waals surface area contributed by atoms with Crippen molar-refractivity contribution in [1.29, 1.82) is 0 Å². The Morgan fingerprint density at radius 3 is 2.50 bits per heavy atom. The number of primary amides is 1. The Bertz CT molecular complexity index is 456. The second kappa shape index (κ2) is 6.15. The number of hydrogen-bond donors (Lipinski definition) is 1. The number of nitrogens with two attached hydrogens (primary N) is 1. The van der Waals surface area contributed by atoms with Gasteiger partial charge >= 0.3 is 0 Å². The molecule has 0 bridgehead atoms. The van der Waals surface area contributed by atoms with E-state index in [1.54, 1.807) is 29.2 Å². The van der Waals surface area contributed by atoms with Gasteiger partial charge < -0.3 is 10.3 Å². The molecule has 0 aliphatic heterocycles. The third-order valence-electron chi connectivity index (χ3n) is 1.89. The van der Waals surface area contributed by atoms with Crippen molar-refractivity contribution in [2.45, 2.75) is 0 Å². The zero-order chi connectivity index (χ0) is 9.97. The molecule has 0 aromatic carbocycles. The summed E-state index contributed by atoms with van der Waals surface area (Å²) in [4.78, 5) is 15.0. The van der Waals surface area contributed by atoms with Crippen molar-refractivity contribution in [3.05, 3.63) is 48.4 Å². The van der Waals surface area contributed by atoms with Crippen LogP contribution < -0.4 is 5.73 Å². The molecule has 0 spiro atoms. The number of pyridine rings is 1. The van der Waals surface area contributed by atoms with E-state index in [9.17, 15) is 4.79 Å². The lowest BCUT2D eigenvalue weighted by molar-refractivity contribution is 0.100. The van der Waals surface area contributed by atoms with E-state index in [1.165, 1.54) is 0 Å². The van der Waals surface area contributed by atoms with Crippen LogP contribution in [-0.4, -0.2) is 15.5 Å². The zero-order valence-electron chi connectivity index (χ0n) is 8.24. The van der Waals surface area contributed by atoms with Crippen LogP contribution in [0.4, 0.5) is 0 Å². The minimum atomic E-state index is -0.431. The van der Waals surface area contributed by atoms with E-state index in [0.29, 0.717) is 5.56 Å². The Morgan fingerprint density at radius 2 is 2.00 bits per heavy atom. The quantitative estimate of drug-likeness (QED) is 0.895. The van der Waals surface area contributed by atoms with Crippen LogP contribution in [0.5, 0.6) is 0 Å². The van der Waals surface area contributed by atoms with Crippen molar-refractivity contribution in [2.75, 3.05) is 0 Å². The number of carbonyl (C=O) groups is 1. The highest BCUT2D eigenvalue weighted by Crippen LogP contribution is 2.06. The lowest BCUT2D eigenvalue weighted by Gasteiger charge is -1.98. The molecule has 0 saturated carbocycles. The Labute approximate surface area is 105 Å². The van der Waals surface area contributed by atoms with E-state index in [0.717, 1.165) is 5.82 Å². The van der Waals surface area contributed by atoms with Crippen molar-refractivity contribution in [3.63, 3.8) is 0 Å². The fraction of sp³-hybridized carbons (Fsp3) is 0. The smallest absolute Gasteiger partial charge is 0.250 e. The predicted octanol–water partition coefficient (Wildman–Crippen LogP) is 1.81. The Morgan fingerprint density at radius 1 is 1.25 bits per heavy atom.